The Kier molecular flexibility index (Phi) is 3.87. The zero-order chi connectivity index (χ0) is 17.4. The Labute approximate surface area is 145 Å². The largest absolute Gasteiger partial charge is 0.497 e. The van der Waals surface area contributed by atoms with Gasteiger partial charge in [-0.2, -0.15) is 5.10 Å². The molecule has 4 rings (SSSR count). The van der Waals surface area contributed by atoms with Crippen molar-refractivity contribution in [1.82, 2.24) is 20.1 Å². The number of carbonyl (C=O) groups is 1. The lowest BCUT2D eigenvalue weighted by Gasteiger charge is -2.26. The molecule has 2 aromatic heterocycles. The molecular formula is C19H20N4O2. The minimum atomic E-state index is -0.107. The van der Waals surface area contributed by atoms with Gasteiger partial charge in [0.25, 0.3) is 5.91 Å². The van der Waals surface area contributed by atoms with Crippen molar-refractivity contribution < 1.29 is 9.53 Å². The van der Waals surface area contributed by atoms with Crippen molar-refractivity contribution in [2.45, 2.75) is 25.3 Å². The van der Waals surface area contributed by atoms with Gasteiger partial charge in [-0.25, -0.2) is 0 Å². The minimum Gasteiger partial charge on any atom is -0.497 e. The first-order chi connectivity index (χ1) is 12.2. The second kappa shape index (κ2) is 6.20. The Morgan fingerprint density at radius 2 is 2.20 bits per heavy atom. The molecule has 3 aromatic rings. The molecule has 0 radical (unpaired) electrons. The summed E-state index contributed by atoms with van der Waals surface area (Å²) < 4.78 is 7.03. The lowest BCUT2D eigenvalue weighted by molar-refractivity contribution is 0.0932. The number of benzene rings is 1. The second-order valence-corrected chi connectivity index (χ2v) is 6.38. The fourth-order valence-corrected chi connectivity index (χ4v) is 3.46. The predicted molar refractivity (Wildman–Crippen MR) is 94.6 cm³/mol. The summed E-state index contributed by atoms with van der Waals surface area (Å²) in [4.78, 5) is 17.0. The Hall–Kier alpha value is -2.89. The van der Waals surface area contributed by atoms with E-state index in [-0.39, 0.29) is 11.9 Å². The summed E-state index contributed by atoms with van der Waals surface area (Å²) in [6.07, 6.45) is 6.30. The van der Waals surface area contributed by atoms with Crippen LogP contribution in [0.25, 0.3) is 11.0 Å². The first-order valence-electron chi connectivity index (χ1n) is 8.41. The SMILES string of the molecule is COc1ccc2c(c1)CCCC2NC(=O)c1cnc2cnn(C)c2c1. The molecule has 1 amide bonds. The molecule has 2 heterocycles. The zero-order valence-electron chi connectivity index (χ0n) is 14.3. The molecule has 6 heteroatoms. The van der Waals surface area contributed by atoms with Crippen LogP contribution in [0.15, 0.2) is 36.7 Å². The van der Waals surface area contributed by atoms with Gasteiger partial charge in [-0.15, -0.1) is 0 Å². The van der Waals surface area contributed by atoms with E-state index in [9.17, 15) is 4.79 Å². The summed E-state index contributed by atoms with van der Waals surface area (Å²) in [6.45, 7) is 0. The molecule has 25 heavy (non-hydrogen) atoms. The molecule has 1 aromatic carbocycles. The van der Waals surface area contributed by atoms with Crippen LogP contribution in [0, 0.1) is 0 Å². The molecular weight excluding hydrogens is 316 g/mol. The van der Waals surface area contributed by atoms with E-state index in [1.807, 2.05) is 19.2 Å². The molecule has 0 aliphatic heterocycles. The molecule has 128 valence electrons. The van der Waals surface area contributed by atoms with E-state index in [0.717, 1.165) is 36.0 Å². The number of nitrogens with one attached hydrogen (secondary N) is 1. The maximum atomic E-state index is 12.7. The fourth-order valence-electron chi connectivity index (χ4n) is 3.46. The van der Waals surface area contributed by atoms with Gasteiger partial charge in [0.15, 0.2) is 0 Å². The first-order valence-corrected chi connectivity index (χ1v) is 8.41. The quantitative estimate of drug-likeness (QED) is 0.798. The van der Waals surface area contributed by atoms with Crippen molar-refractivity contribution in [3.8, 4) is 5.75 Å². The van der Waals surface area contributed by atoms with Crippen LogP contribution in [0.1, 0.15) is 40.4 Å². The van der Waals surface area contributed by atoms with Gasteiger partial charge >= 0.3 is 0 Å². The Morgan fingerprint density at radius 1 is 1.32 bits per heavy atom. The number of pyridine rings is 1. The third kappa shape index (κ3) is 2.84. The molecule has 1 N–H and O–H groups in total. The van der Waals surface area contributed by atoms with E-state index >= 15 is 0 Å². The number of aromatic nitrogens is 3. The molecule has 0 fully saturated rings. The van der Waals surface area contributed by atoms with Gasteiger partial charge in [-0.3, -0.25) is 14.5 Å². The Balaban J connectivity index is 1.59. The number of nitrogens with zero attached hydrogens (tertiary/aromatic N) is 3. The van der Waals surface area contributed by atoms with Gasteiger partial charge in [-0.05, 0) is 48.6 Å². The number of amides is 1. The average Bonchev–Trinajstić information content (AvgIpc) is 3.02. The highest BCUT2D eigenvalue weighted by Crippen LogP contribution is 2.32. The molecule has 1 atom stereocenters. The Morgan fingerprint density at radius 3 is 3.04 bits per heavy atom. The third-order valence-corrected chi connectivity index (χ3v) is 4.83. The monoisotopic (exact) mass is 336 g/mol. The highest BCUT2D eigenvalue weighted by Gasteiger charge is 2.23. The van der Waals surface area contributed by atoms with Gasteiger partial charge in [0.2, 0.25) is 0 Å². The number of methoxy groups -OCH3 is 1. The standard InChI is InChI=1S/C19H20N4O2/c1-23-18-9-13(10-20-17(18)11-21-23)19(24)22-16-5-3-4-12-8-14(25-2)6-7-15(12)16/h6-11,16H,3-5H2,1-2H3,(H,22,24). The van der Waals surface area contributed by atoms with Crippen LogP contribution < -0.4 is 10.1 Å². The van der Waals surface area contributed by atoms with Gasteiger partial charge in [0, 0.05) is 13.2 Å². The third-order valence-electron chi connectivity index (χ3n) is 4.83. The molecule has 0 saturated heterocycles. The summed E-state index contributed by atoms with van der Waals surface area (Å²) in [5.41, 5.74) is 4.61. The number of carbonyl (C=O) groups excluding carboxylic acids is 1. The average molecular weight is 336 g/mol. The lowest BCUT2D eigenvalue weighted by Crippen LogP contribution is -2.31. The van der Waals surface area contributed by atoms with Gasteiger partial charge in [-0.1, -0.05) is 6.07 Å². The predicted octanol–water partition coefficient (Wildman–Crippen LogP) is 2.78. The van der Waals surface area contributed by atoms with Gasteiger partial charge in [0.1, 0.15) is 11.3 Å². The molecule has 0 spiro atoms. The smallest absolute Gasteiger partial charge is 0.253 e. The van der Waals surface area contributed by atoms with Crippen LogP contribution in [0.5, 0.6) is 5.75 Å². The van der Waals surface area contributed by atoms with Crippen LogP contribution in [0.3, 0.4) is 0 Å². The van der Waals surface area contributed by atoms with Crippen molar-refractivity contribution in [3.05, 3.63) is 53.3 Å². The number of hydrogen-bond donors (Lipinski definition) is 1. The maximum Gasteiger partial charge on any atom is 0.253 e. The van der Waals surface area contributed by atoms with Crippen molar-refractivity contribution in [3.63, 3.8) is 0 Å². The number of ether oxygens (including phenoxy) is 1. The molecule has 1 aliphatic carbocycles. The number of rotatable bonds is 3. The van der Waals surface area contributed by atoms with Crippen LogP contribution in [0.4, 0.5) is 0 Å². The summed E-state index contributed by atoms with van der Waals surface area (Å²) in [5.74, 6) is 0.751. The van der Waals surface area contributed by atoms with Crippen LogP contribution in [-0.4, -0.2) is 27.8 Å². The summed E-state index contributed by atoms with van der Waals surface area (Å²) in [7, 11) is 3.52. The summed E-state index contributed by atoms with van der Waals surface area (Å²) in [6, 6.07) is 7.93. The van der Waals surface area contributed by atoms with E-state index < -0.39 is 0 Å². The minimum absolute atomic E-state index is 0.0180. The molecule has 1 aliphatic rings. The summed E-state index contributed by atoms with van der Waals surface area (Å²) >= 11 is 0. The number of fused-ring (bicyclic) bond motifs is 2. The van der Waals surface area contributed by atoms with Crippen LogP contribution in [-0.2, 0) is 13.5 Å². The molecule has 1 unspecified atom stereocenters. The molecule has 0 saturated carbocycles. The molecule has 6 nitrogen and oxygen atoms in total. The van der Waals surface area contributed by atoms with Gasteiger partial charge < -0.3 is 10.1 Å². The van der Waals surface area contributed by atoms with E-state index in [0.29, 0.717) is 5.56 Å². The zero-order valence-corrected chi connectivity index (χ0v) is 14.3. The Bertz CT molecular complexity index is 948. The normalized spacial score (nSPS) is 16.5. The topological polar surface area (TPSA) is 69.0 Å². The van der Waals surface area contributed by atoms with Crippen molar-refractivity contribution in [2.75, 3.05) is 7.11 Å². The highest BCUT2D eigenvalue weighted by atomic mass is 16.5. The van der Waals surface area contributed by atoms with Crippen molar-refractivity contribution in [1.29, 1.82) is 0 Å². The van der Waals surface area contributed by atoms with Crippen molar-refractivity contribution >= 4 is 16.9 Å². The lowest BCUT2D eigenvalue weighted by atomic mass is 9.87. The first kappa shape index (κ1) is 15.6. The van der Waals surface area contributed by atoms with Crippen LogP contribution >= 0.6 is 0 Å². The maximum absolute atomic E-state index is 12.7. The van der Waals surface area contributed by atoms with Crippen molar-refractivity contribution in [2.24, 2.45) is 7.05 Å². The molecule has 0 bridgehead atoms. The number of hydrogen-bond acceptors (Lipinski definition) is 4. The highest BCUT2D eigenvalue weighted by molar-refractivity contribution is 5.96. The second-order valence-electron chi connectivity index (χ2n) is 6.38. The van der Waals surface area contributed by atoms with Gasteiger partial charge in [0.05, 0.1) is 30.4 Å². The van der Waals surface area contributed by atoms with Crippen LogP contribution in [0.2, 0.25) is 0 Å². The number of aryl methyl sites for hydroxylation is 2. The van der Waals surface area contributed by atoms with E-state index in [1.54, 1.807) is 24.2 Å². The van der Waals surface area contributed by atoms with E-state index in [1.165, 1.54) is 11.1 Å². The fraction of sp³-hybridized carbons (Fsp3) is 0.316. The van der Waals surface area contributed by atoms with E-state index in [2.05, 4.69) is 27.5 Å². The summed E-state index contributed by atoms with van der Waals surface area (Å²) in [5, 5.41) is 7.32. The van der Waals surface area contributed by atoms with E-state index in [4.69, 9.17) is 4.74 Å².